The molecular weight excluding hydrogens is 472 g/mol. The summed E-state index contributed by atoms with van der Waals surface area (Å²) >= 11 is 0. The SMILES string of the molecule is N/C(=C\N(N)c1ccc(C(=O)O)c(O)c1)c1ccc(/C(N)=C/N(N)c2ccc(C(=O)O)c(O)c2)nn1. The van der Waals surface area contributed by atoms with Gasteiger partial charge in [-0.2, -0.15) is 0 Å². The summed E-state index contributed by atoms with van der Waals surface area (Å²) in [5.41, 5.74) is 12.7. The molecule has 0 fully saturated rings. The molecule has 14 heteroatoms. The van der Waals surface area contributed by atoms with E-state index in [2.05, 4.69) is 10.2 Å². The van der Waals surface area contributed by atoms with Crippen LogP contribution in [0.15, 0.2) is 60.9 Å². The lowest BCUT2D eigenvalue weighted by Crippen LogP contribution is -2.26. The number of hydrogen-bond acceptors (Lipinski definition) is 12. The van der Waals surface area contributed by atoms with Crippen LogP contribution in [0.3, 0.4) is 0 Å². The van der Waals surface area contributed by atoms with Crippen LogP contribution in [0.1, 0.15) is 32.1 Å². The Bertz CT molecular complexity index is 1270. The number of aromatic carboxylic acids is 2. The van der Waals surface area contributed by atoms with E-state index in [9.17, 15) is 19.8 Å². The molecule has 0 unspecified atom stereocenters. The summed E-state index contributed by atoms with van der Waals surface area (Å²) in [7, 11) is 0. The summed E-state index contributed by atoms with van der Waals surface area (Å²) in [4.78, 5) is 22.0. The van der Waals surface area contributed by atoms with Crippen molar-refractivity contribution in [3.05, 3.63) is 83.4 Å². The summed E-state index contributed by atoms with van der Waals surface area (Å²) in [6.45, 7) is 0. The van der Waals surface area contributed by atoms with E-state index < -0.39 is 23.4 Å². The third kappa shape index (κ3) is 5.58. The van der Waals surface area contributed by atoms with E-state index in [1.165, 1.54) is 60.9 Å². The zero-order valence-corrected chi connectivity index (χ0v) is 18.5. The van der Waals surface area contributed by atoms with E-state index in [1.807, 2.05) is 0 Å². The number of aromatic nitrogens is 2. The largest absolute Gasteiger partial charge is 0.507 e. The number of hydrazine groups is 2. The lowest BCUT2D eigenvalue weighted by molar-refractivity contribution is 0.0682. The molecule has 3 rings (SSSR count). The first-order valence-electron chi connectivity index (χ1n) is 9.97. The minimum absolute atomic E-state index is 0.107. The Balaban J connectivity index is 1.75. The molecule has 0 aliphatic heterocycles. The highest BCUT2D eigenvalue weighted by Gasteiger charge is 2.13. The van der Waals surface area contributed by atoms with Crippen LogP contribution < -0.4 is 33.2 Å². The van der Waals surface area contributed by atoms with Crippen LogP contribution in [0, 0.1) is 0 Å². The van der Waals surface area contributed by atoms with Gasteiger partial charge < -0.3 is 31.9 Å². The van der Waals surface area contributed by atoms with Crippen molar-refractivity contribution in [2.45, 2.75) is 0 Å². The molecule has 0 radical (unpaired) electrons. The van der Waals surface area contributed by atoms with Crippen molar-refractivity contribution in [3.8, 4) is 11.5 Å². The molecule has 0 spiro atoms. The normalized spacial score (nSPS) is 11.7. The third-order valence-corrected chi connectivity index (χ3v) is 4.83. The molecule has 0 aliphatic rings. The van der Waals surface area contributed by atoms with Crippen molar-refractivity contribution in [2.75, 3.05) is 10.0 Å². The summed E-state index contributed by atoms with van der Waals surface area (Å²) < 4.78 is 0. The molecule has 14 nitrogen and oxygen atoms in total. The molecule has 0 atom stereocenters. The van der Waals surface area contributed by atoms with Gasteiger partial charge in [-0.25, -0.2) is 21.3 Å². The summed E-state index contributed by atoms with van der Waals surface area (Å²) in [6, 6.07) is 10.5. The van der Waals surface area contributed by atoms with Crippen LogP contribution in [0.2, 0.25) is 0 Å². The molecule has 1 heterocycles. The molecule has 0 amide bonds. The Hall–Kier alpha value is -5.34. The zero-order valence-electron chi connectivity index (χ0n) is 18.5. The van der Waals surface area contributed by atoms with Gasteiger partial charge in [0.15, 0.2) is 0 Å². The first-order valence-corrected chi connectivity index (χ1v) is 9.97. The predicted octanol–water partition coefficient (Wildman–Crippen LogP) is 0.559. The molecule has 186 valence electrons. The second-order valence-corrected chi connectivity index (χ2v) is 7.30. The van der Waals surface area contributed by atoms with Crippen LogP contribution >= 0.6 is 0 Å². The smallest absolute Gasteiger partial charge is 0.339 e. The second-order valence-electron chi connectivity index (χ2n) is 7.30. The topological polar surface area (TPSA) is 251 Å². The Labute approximate surface area is 203 Å². The maximum absolute atomic E-state index is 11.0. The summed E-state index contributed by atoms with van der Waals surface area (Å²) in [5.74, 6) is 8.36. The molecule has 0 aliphatic carbocycles. The van der Waals surface area contributed by atoms with Crippen LogP contribution in [-0.4, -0.2) is 42.6 Å². The van der Waals surface area contributed by atoms with Crippen molar-refractivity contribution in [3.63, 3.8) is 0 Å². The number of carboxylic acids is 2. The van der Waals surface area contributed by atoms with E-state index in [4.69, 9.17) is 33.4 Å². The monoisotopic (exact) mass is 494 g/mol. The average Bonchev–Trinajstić information content (AvgIpc) is 2.83. The highest BCUT2D eigenvalue weighted by molar-refractivity contribution is 5.92. The fourth-order valence-electron chi connectivity index (χ4n) is 2.94. The minimum atomic E-state index is -1.28. The number of benzene rings is 2. The predicted molar refractivity (Wildman–Crippen MR) is 130 cm³/mol. The maximum atomic E-state index is 11.0. The number of aromatic hydroxyl groups is 2. The fourth-order valence-corrected chi connectivity index (χ4v) is 2.94. The molecule has 1 aromatic heterocycles. The second kappa shape index (κ2) is 10.3. The Morgan fingerprint density at radius 3 is 1.33 bits per heavy atom. The number of rotatable bonds is 8. The molecule has 3 aromatic rings. The average molecular weight is 494 g/mol. The van der Waals surface area contributed by atoms with Gasteiger partial charge in [-0.3, -0.25) is 10.0 Å². The van der Waals surface area contributed by atoms with E-state index >= 15 is 0 Å². The first kappa shape index (κ1) is 25.3. The fraction of sp³-hybridized carbons (Fsp3) is 0. The van der Waals surface area contributed by atoms with Crippen LogP contribution in [0.4, 0.5) is 11.4 Å². The van der Waals surface area contributed by atoms with Crippen LogP contribution in [-0.2, 0) is 0 Å². The number of carboxylic acid groups (broad SMARTS) is 2. The number of anilines is 2. The Morgan fingerprint density at radius 1 is 0.694 bits per heavy atom. The molecule has 12 N–H and O–H groups in total. The van der Waals surface area contributed by atoms with Crippen molar-refractivity contribution in [1.82, 2.24) is 10.2 Å². The molecular formula is C22H22N8O6. The zero-order chi connectivity index (χ0) is 26.6. The van der Waals surface area contributed by atoms with Crippen molar-refractivity contribution in [1.29, 1.82) is 0 Å². The van der Waals surface area contributed by atoms with Crippen molar-refractivity contribution >= 4 is 34.7 Å². The van der Waals surface area contributed by atoms with Crippen molar-refractivity contribution < 1.29 is 30.0 Å². The Kier molecular flexibility index (Phi) is 7.23. The van der Waals surface area contributed by atoms with Crippen LogP contribution in [0.25, 0.3) is 11.4 Å². The highest BCUT2D eigenvalue weighted by atomic mass is 16.4. The summed E-state index contributed by atoms with van der Waals surface area (Å²) in [5, 5.41) is 47.8. The number of nitrogens with zero attached hydrogens (tertiary/aromatic N) is 4. The van der Waals surface area contributed by atoms with Crippen LogP contribution in [0.5, 0.6) is 11.5 Å². The van der Waals surface area contributed by atoms with Gasteiger partial charge in [0.25, 0.3) is 0 Å². The lowest BCUT2D eigenvalue weighted by Gasteiger charge is -2.16. The quantitative estimate of drug-likeness (QED) is 0.157. The minimum Gasteiger partial charge on any atom is -0.507 e. The third-order valence-electron chi connectivity index (χ3n) is 4.83. The van der Waals surface area contributed by atoms with Gasteiger partial charge >= 0.3 is 11.9 Å². The molecule has 36 heavy (non-hydrogen) atoms. The molecule has 2 aromatic carbocycles. The molecule has 0 saturated carbocycles. The van der Waals surface area contributed by atoms with Gasteiger partial charge in [-0.05, 0) is 36.4 Å². The van der Waals surface area contributed by atoms with E-state index in [0.717, 1.165) is 10.0 Å². The van der Waals surface area contributed by atoms with Gasteiger partial charge in [0, 0.05) is 24.5 Å². The van der Waals surface area contributed by atoms with E-state index in [0.29, 0.717) is 0 Å². The summed E-state index contributed by atoms with van der Waals surface area (Å²) in [6.07, 6.45) is 2.60. The van der Waals surface area contributed by atoms with Gasteiger partial charge in [0.05, 0.1) is 22.8 Å². The van der Waals surface area contributed by atoms with Gasteiger partial charge in [0.2, 0.25) is 0 Å². The van der Waals surface area contributed by atoms with Gasteiger partial charge in [-0.15, -0.1) is 10.2 Å². The molecule has 0 bridgehead atoms. The van der Waals surface area contributed by atoms with E-state index in [-0.39, 0.29) is 45.3 Å². The Morgan fingerprint density at radius 2 is 1.06 bits per heavy atom. The number of phenols is 2. The van der Waals surface area contributed by atoms with Gasteiger partial charge in [-0.1, -0.05) is 0 Å². The first-order chi connectivity index (χ1) is 17.0. The van der Waals surface area contributed by atoms with E-state index in [1.54, 1.807) is 0 Å². The lowest BCUT2D eigenvalue weighted by atomic mass is 10.2. The van der Waals surface area contributed by atoms with Crippen molar-refractivity contribution in [2.24, 2.45) is 23.2 Å². The standard InChI is InChI=1S/C22H22N8O6/c23-15(9-29(25)11-1-3-13(21(33)34)19(31)7-11)17-5-6-18(28-27-17)16(24)10-30(26)12-2-4-14(22(35)36)20(32)8-12/h1-10,31-32H,23-26H2,(H,33,34)(H,35,36)/b15-9-,16-10-. The van der Waals surface area contributed by atoms with Gasteiger partial charge in [0.1, 0.15) is 34.0 Å². The number of carbonyl (C=O) groups is 2. The number of hydrogen-bond donors (Lipinski definition) is 8. The highest BCUT2D eigenvalue weighted by Crippen LogP contribution is 2.25. The maximum Gasteiger partial charge on any atom is 0.339 e. The molecule has 0 saturated heterocycles. The number of nitrogens with two attached hydrogens (primary N) is 4.